The van der Waals surface area contributed by atoms with Gasteiger partial charge in [-0.3, -0.25) is 4.79 Å². The molecule has 0 unspecified atom stereocenters. The molecule has 0 saturated heterocycles. The van der Waals surface area contributed by atoms with Gasteiger partial charge in [0.2, 0.25) is 0 Å². The highest BCUT2D eigenvalue weighted by Gasteiger charge is 1.95. The minimum atomic E-state index is 0.812. The van der Waals surface area contributed by atoms with Crippen molar-refractivity contribution in [2.75, 3.05) is 6.54 Å². The number of hydrogen-bond donors (Lipinski definition) is 1. The average Bonchev–Trinajstić information content (AvgIpc) is 2.43. The third kappa shape index (κ3) is 12.0. The lowest BCUT2D eigenvalue weighted by Crippen LogP contribution is -2.14. The number of hydrogen-bond acceptors (Lipinski definition) is 2. The molecule has 0 atom stereocenters. The largest absolute Gasteiger partial charge is 0.388 e. The summed E-state index contributed by atoms with van der Waals surface area (Å²) in [5, 5.41) is 3.31. The average molecular weight is 267 g/mol. The molecule has 0 rings (SSSR count). The van der Waals surface area contributed by atoms with Gasteiger partial charge < -0.3 is 5.32 Å². The fraction of sp³-hybridized carbons (Fsp3) is 0.824. The molecule has 0 aliphatic heterocycles. The van der Waals surface area contributed by atoms with Gasteiger partial charge in [0.1, 0.15) is 6.29 Å². The molecular formula is C17H33NO. The molecule has 0 amide bonds. The van der Waals surface area contributed by atoms with E-state index >= 15 is 0 Å². The summed E-state index contributed by atoms with van der Waals surface area (Å²) in [5.41, 5.74) is 1.83. The zero-order chi connectivity index (χ0) is 14.3. The van der Waals surface area contributed by atoms with Crippen LogP contribution in [0.5, 0.6) is 0 Å². The molecule has 0 bridgehead atoms. The highest BCUT2D eigenvalue weighted by molar-refractivity contribution is 5.73. The molecule has 2 heteroatoms. The van der Waals surface area contributed by atoms with Crippen molar-refractivity contribution in [1.82, 2.24) is 5.32 Å². The molecule has 0 spiro atoms. The van der Waals surface area contributed by atoms with Crippen LogP contribution in [0.2, 0.25) is 0 Å². The van der Waals surface area contributed by atoms with Crippen molar-refractivity contribution in [2.24, 2.45) is 0 Å². The third-order valence-corrected chi connectivity index (χ3v) is 3.69. The first kappa shape index (κ1) is 18.2. The van der Waals surface area contributed by atoms with Crippen LogP contribution in [0.1, 0.15) is 85.0 Å². The van der Waals surface area contributed by atoms with Crippen molar-refractivity contribution in [3.63, 3.8) is 0 Å². The van der Waals surface area contributed by atoms with Crippen LogP contribution in [-0.4, -0.2) is 12.8 Å². The van der Waals surface area contributed by atoms with Crippen LogP contribution in [0.4, 0.5) is 0 Å². The van der Waals surface area contributed by atoms with Gasteiger partial charge in [-0.1, -0.05) is 64.7 Å². The topological polar surface area (TPSA) is 29.1 Å². The van der Waals surface area contributed by atoms with Crippen LogP contribution >= 0.6 is 0 Å². The van der Waals surface area contributed by atoms with Crippen molar-refractivity contribution >= 4 is 6.29 Å². The molecule has 0 aromatic rings. The Morgan fingerprint density at radius 2 is 1.32 bits per heavy atom. The van der Waals surface area contributed by atoms with Crippen LogP contribution in [0.3, 0.4) is 0 Å². The van der Waals surface area contributed by atoms with Gasteiger partial charge in [0.25, 0.3) is 0 Å². The molecule has 112 valence electrons. The molecule has 2 nitrogen and oxygen atoms in total. The summed E-state index contributed by atoms with van der Waals surface area (Å²) in [4.78, 5) is 10.5. The van der Waals surface area contributed by atoms with E-state index in [1.807, 2.05) is 13.8 Å². The Morgan fingerprint density at radius 3 is 1.79 bits per heavy atom. The summed E-state index contributed by atoms with van der Waals surface area (Å²) in [6, 6.07) is 0. The van der Waals surface area contributed by atoms with Crippen LogP contribution in [0.25, 0.3) is 0 Å². The maximum absolute atomic E-state index is 10.5. The number of unbranched alkanes of at least 4 members (excludes halogenated alkanes) is 9. The number of carbonyl (C=O) groups excluding carboxylic acids is 1. The molecule has 0 heterocycles. The Labute approximate surface area is 120 Å². The van der Waals surface area contributed by atoms with E-state index in [9.17, 15) is 4.79 Å². The van der Waals surface area contributed by atoms with Gasteiger partial charge in [-0.05, 0) is 20.3 Å². The molecule has 0 fully saturated rings. The molecular weight excluding hydrogens is 234 g/mol. The minimum absolute atomic E-state index is 0.812. The van der Waals surface area contributed by atoms with E-state index in [-0.39, 0.29) is 0 Å². The van der Waals surface area contributed by atoms with Gasteiger partial charge >= 0.3 is 0 Å². The summed E-state index contributed by atoms with van der Waals surface area (Å²) in [6.07, 6.45) is 14.6. The maximum atomic E-state index is 10.5. The summed E-state index contributed by atoms with van der Waals surface area (Å²) >= 11 is 0. The van der Waals surface area contributed by atoms with Crippen molar-refractivity contribution in [1.29, 1.82) is 0 Å². The molecule has 0 aliphatic carbocycles. The molecule has 0 radical (unpaired) electrons. The van der Waals surface area contributed by atoms with Crippen LogP contribution in [0, 0.1) is 0 Å². The zero-order valence-corrected chi connectivity index (χ0v) is 13.3. The fourth-order valence-corrected chi connectivity index (χ4v) is 2.12. The second-order valence-corrected chi connectivity index (χ2v) is 5.53. The van der Waals surface area contributed by atoms with E-state index in [0.29, 0.717) is 0 Å². The van der Waals surface area contributed by atoms with Crippen molar-refractivity contribution in [3.05, 3.63) is 11.3 Å². The van der Waals surface area contributed by atoms with Gasteiger partial charge in [-0.15, -0.1) is 0 Å². The Morgan fingerprint density at radius 1 is 0.842 bits per heavy atom. The van der Waals surface area contributed by atoms with Gasteiger partial charge in [0.15, 0.2) is 0 Å². The Kier molecular flexibility index (Phi) is 13.1. The monoisotopic (exact) mass is 267 g/mol. The molecule has 0 aliphatic rings. The summed E-state index contributed by atoms with van der Waals surface area (Å²) in [7, 11) is 0. The van der Waals surface area contributed by atoms with Crippen molar-refractivity contribution < 1.29 is 4.79 Å². The predicted octanol–water partition coefficient (Wildman–Crippen LogP) is 4.99. The smallest absolute Gasteiger partial charge is 0.147 e. The lowest BCUT2D eigenvalue weighted by molar-refractivity contribution is -0.104. The Hall–Kier alpha value is -0.790. The first-order valence-corrected chi connectivity index (χ1v) is 8.09. The highest BCUT2D eigenvalue weighted by atomic mass is 16.1. The number of carbonyl (C=O) groups is 1. The van der Waals surface area contributed by atoms with E-state index in [1.165, 1.54) is 64.2 Å². The van der Waals surface area contributed by atoms with Crippen molar-refractivity contribution in [2.45, 2.75) is 85.0 Å². The lowest BCUT2D eigenvalue weighted by atomic mass is 10.1. The van der Waals surface area contributed by atoms with Crippen molar-refractivity contribution in [3.8, 4) is 0 Å². The number of aldehydes is 1. The van der Waals surface area contributed by atoms with E-state index < -0.39 is 0 Å². The van der Waals surface area contributed by atoms with Crippen LogP contribution in [0.15, 0.2) is 11.3 Å². The van der Waals surface area contributed by atoms with Crippen LogP contribution < -0.4 is 5.32 Å². The Balaban J connectivity index is 3.21. The standard InChI is InChI=1S/C17H33NO/c1-4-5-6-7-8-9-10-11-12-13-14-18-17(3)16(2)15-19/h15,18H,4-14H2,1-3H3. The molecule has 1 N–H and O–H groups in total. The number of allylic oxidation sites excluding steroid dienone is 2. The molecule has 0 aromatic heterocycles. The first-order chi connectivity index (χ1) is 9.22. The van der Waals surface area contributed by atoms with Gasteiger partial charge in [-0.25, -0.2) is 0 Å². The number of nitrogens with one attached hydrogen (secondary N) is 1. The quantitative estimate of drug-likeness (QED) is 0.289. The molecule has 19 heavy (non-hydrogen) atoms. The highest BCUT2D eigenvalue weighted by Crippen LogP contribution is 2.10. The summed E-state index contributed by atoms with van der Waals surface area (Å²) in [5.74, 6) is 0. The van der Waals surface area contributed by atoms with Gasteiger partial charge in [0, 0.05) is 17.8 Å². The lowest BCUT2D eigenvalue weighted by Gasteiger charge is -2.07. The predicted molar refractivity (Wildman–Crippen MR) is 84.3 cm³/mol. The zero-order valence-electron chi connectivity index (χ0n) is 13.3. The van der Waals surface area contributed by atoms with E-state index in [1.54, 1.807) is 0 Å². The van der Waals surface area contributed by atoms with Gasteiger partial charge in [0.05, 0.1) is 0 Å². The normalized spacial score (nSPS) is 12.2. The molecule has 0 saturated carbocycles. The van der Waals surface area contributed by atoms with Crippen LogP contribution in [-0.2, 0) is 4.79 Å². The summed E-state index contributed by atoms with van der Waals surface area (Å²) < 4.78 is 0. The second-order valence-electron chi connectivity index (χ2n) is 5.53. The molecule has 0 aromatic carbocycles. The van der Waals surface area contributed by atoms with E-state index in [0.717, 1.165) is 24.1 Å². The Bertz CT molecular complexity index is 246. The van der Waals surface area contributed by atoms with E-state index in [4.69, 9.17) is 0 Å². The second kappa shape index (κ2) is 13.6. The first-order valence-electron chi connectivity index (χ1n) is 8.09. The minimum Gasteiger partial charge on any atom is -0.388 e. The number of rotatable bonds is 13. The third-order valence-electron chi connectivity index (χ3n) is 3.69. The fourth-order valence-electron chi connectivity index (χ4n) is 2.12. The maximum Gasteiger partial charge on any atom is 0.147 e. The van der Waals surface area contributed by atoms with E-state index in [2.05, 4.69) is 12.2 Å². The summed E-state index contributed by atoms with van der Waals surface area (Å²) in [6.45, 7) is 7.09. The SMILES string of the molecule is CCCCCCCCCCCCNC(C)=C(C)C=O. The van der Waals surface area contributed by atoms with Gasteiger partial charge in [-0.2, -0.15) is 0 Å².